The Morgan fingerprint density at radius 1 is 1.45 bits per heavy atom. The minimum Gasteiger partial charge on any atom is -0.374 e. The van der Waals surface area contributed by atoms with E-state index in [1.807, 2.05) is 30.3 Å². The molecular weight excluding hydrogens is 252 g/mol. The van der Waals surface area contributed by atoms with Crippen LogP contribution in [0.15, 0.2) is 30.3 Å². The Kier molecular flexibility index (Phi) is 3.77. The number of fused-ring (bicyclic) bond motifs is 1. The van der Waals surface area contributed by atoms with Crippen molar-refractivity contribution in [3.8, 4) is 6.07 Å². The van der Waals surface area contributed by atoms with Crippen molar-refractivity contribution in [3.05, 3.63) is 35.9 Å². The van der Waals surface area contributed by atoms with Crippen LogP contribution >= 0.6 is 0 Å². The second kappa shape index (κ2) is 5.87. The van der Waals surface area contributed by atoms with Crippen molar-refractivity contribution in [2.45, 2.75) is 6.10 Å². The topological polar surface area (TPSA) is 70.0 Å². The van der Waals surface area contributed by atoms with Gasteiger partial charge in [0.05, 0.1) is 23.8 Å². The highest BCUT2D eigenvalue weighted by Crippen LogP contribution is 2.19. The molecule has 1 aromatic heterocycles. The molecule has 0 spiro atoms. The maximum absolute atomic E-state index is 9.24. The van der Waals surface area contributed by atoms with Crippen LogP contribution in [0.1, 0.15) is 5.56 Å². The van der Waals surface area contributed by atoms with Crippen molar-refractivity contribution >= 4 is 16.7 Å². The fraction of sp³-hybridized carbons (Fsp3) is 0.333. The molecule has 0 radical (unpaired) electrons. The zero-order valence-corrected chi connectivity index (χ0v) is 11.1. The van der Waals surface area contributed by atoms with Crippen LogP contribution in [0, 0.1) is 11.3 Å². The van der Waals surface area contributed by atoms with E-state index in [0.717, 1.165) is 30.6 Å². The Balaban J connectivity index is 1.80. The standard InChI is InChI=1S/C15H16N4O/c16-8-12-7-11-3-1-2-4-14(11)19-15(12)18-10-13-9-17-5-6-20-13/h1-4,7,13,17H,5-6,9-10H2,(H,18,19). The third-order valence-corrected chi connectivity index (χ3v) is 3.35. The number of nitriles is 1. The van der Waals surface area contributed by atoms with Crippen molar-refractivity contribution in [2.75, 3.05) is 31.6 Å². The molecule has 1 aromatic carbocycles. The van der Waals surface area contributed by atoms with Crippen LogP contribution in [-0.4, -0.2) is 37.3 Å². The fourth-order valence-electron chi connectivity index (χ4n) is 2.30. The molecule has 2 aromatic rings. The van der Waals surface area contributed by atoms with E-state index in [2.05, 4.69) is 21.7 Å². The van der Waals surface area contributed by atoms with Gasteiger partial charge in [-0.1, -0.05) is 18.2 Å². The summed E-state index contributed by atoms with van der Waals surface area (Å²) in [5.41, 5.74) is 1.45. The summed E-state index contributed by atoms with van der Waals surface area (Å²) >= 11 is 0. The summed E-state index contributed by atoms with van der Waals surface area (Å²) in [5, 5.41) is 16.7. The van der Waals surface area contributed by atoms with Gasteiger partial charge in [0, 0.05) is 25.0 Å². The minimum atomic E-state index is 0.114. The molecule has 1 atom stereocenters. The predicted octanol–water partition coefficient (Wildman–Crippen LogP) is 1.51. The Hall–Kier alpha value is -2.16. The number of hydrogen-bond acceptors (Lipinski definition) is 5. The molecule has 0 saturated carbocycles. The molecular formula is C15H16N4O. The normalized spacial score (nSPS) is 18.6. The van der Waals surface area contributed by atoms with Gasteiger partial charge in [0.15, 0.2) is 0 Å². The van der Waals surface area contributed by atoms with E-state index in [1.165, 1.54) is 0 Å². The third-order valence-electron chi connectivity index (χ3n) is 3.35. The number of pyridine rings is 1. The number of hydrogen-bond donors (Lipinski definition) is 2. The zero-order valence-electron chi connectivity index (χ0n) is 11.1. The third kappa shape index (κ3) is 2.72. The van der Waals surface area contributed by atoms with Crippen LogP contribution in [0.5, 0.6) is 0 Å². The SMILES string of the molecule is N#Cc1cc2ccccc2nc1NCC1CNCCO1. The molecule has 2 heterocycles. The molecule has 102 valence electrons. The van der Waals surface area contributed by atoms with Crippen molar-refractivity contribution in [3.63, 3.8) is 0 Å². The lowest BCUT2D eigenvalue weighted by atomic mass is 10.1. The Morgan fingerprint density at radius 2 is 2.35 bits per heavy atom. The van der Waals surface area contributed by atoms with Crippen molar-refractivity contribution in [1.82, 2.24) is 10.3 Å². The van der Waals surface area contributed by atoms with Gasteiger partial charge in [0.1, 0.15) is 11.9 Å². The number of rotatable bonds is 3. The van der Waals surface area contributed by atoms with Gasteiger partial charge in [-0.25, -0.2) is 4.98 Å². The van der Waals surface area contributed by atoms with Crippen molar-refractivity contribution in [1.29, 1.82) is 5.26 Å². The van der Waals surface area contributed by atoms with E-state index < -0.39 is 0 Å². The average molecular weight is 268 g/mol. The van der Waals surface area contributed by atoms with E-state index in [1.54, 1.807) is 0 Å². The van der Waals surface area contributed by atoms with Crippen LogP contribution < -0.4 is 10.6 Å². The van der Waals surface area contributed by atoms with E-state index in [4.69, 9.17) is 4.74 Å². The maximum atomic E-state index is 9.24. The molecule has 0 aliphatic carbocycles. The highest BCUT2D eigenvalue weighted by molar-refractivity contribution is 5.82. The van der Waals surface area contributed by atoms with E-state index in [0.29, 0.717) is 17.9 Å². The zero-order chi connectivity index (χ0) is 13.8. The smallest absolute Gasteiger partial charge is 0.144 e. The van der Waals surface area contributed by atoms with Crippen LogP contribution in [0.3, 0.4) is 0 Å². The van der Waals surface area contributed by atoms with E-state index >= 15 is 0 Å². The molecule has 1 saturated heterocycles. The molecule has 1 aliphatic heterocycles. The fourth-order valence-corrected chi connectivity index (χ4v) is 2.30. The summed E-state index contributed by atoms with van der Waals surface area (Å²) in [6.45, 7) is 3.09. The number of anilines is 1. The van der Waals surface area contributed by atoms with Crippen molar-refractivity contribution < 1.29 is 4.74 Å². The molecule has 1 unspecified atom stereocenters. The monoisotopic (exact) mass is 268 g/mol. The molecule has 3 rings (SSSR count). The van der Waals surface area contributed by atoms with Gasteiger partial charge in [-0.2, -0.15) is 5.26 Å². The molecule has 1 aliphatic rings. The molecule has 20 heavy (non-hydrogen) atoms. The lowest BCUT2D eigenvalue weighted by Gasteiger charge is -2.24. The summed E-state index contributed by atoms with van der Waals surface area (Å²) in [6, 6.07) is 11.9. The molecule has 5 heteroatoms. The first kappa shape index (κ1) is 12.9. The Labute approximate surface area is 117 Å². The average Bonchev–Trinajstić information content (AvgIpc) is 2.53. The molecule has 0 amide bonds. The second-order valence-corrected chi connectivity index (χ2v) is 4.77. The van der Waals surface area contributed by atoms with Gasteiger partial charge in [-0.3, -0.25) is 0 Å². The molecule has 2 N–H and O–H groups in total. The summed E-state index contributed by atoms with van der Waals surface area (Å²) in [4.78, 5) is 4.52. The predicted molar refractivity (Wildman–Crippen MR) is 77.6 cm³/mol. The number of morpholine rings is 1. The molecule has 0 bridgehead atoms. The number of aromatic nitrogens is 1. The van der Waals surface area contributed by atoms with Gasteiger partial charge >= 0.3 is 0 Å². The van der Waals surface area contributed by atoms with Crippen LogP contribution in [0.25, 0.3) is 10.9 Å². The van der Waals surface area contributed by atoms with Gasteiger partial charge < -0.3 is 15.4 Å². The summed E-state index contributed by atoms with van der Waals surface area (Å²) in [5.74, 6) is 0.625. The first-order valence-corrected chi connectivity index (χ1v) is 6.73. The highest BCUT2D eigenvalue weighted by atomic mass is 16.5. The van der Waals surface area contributed by atoms with Crippen LogP contribution in [-0.2, 0) is 4.74 Å². The van der Waals surface area contributed by atoms with Gasteiger partial charge in [-0.05, 0) is 12.1 Å². The van der Waals surface area contributed by atoms with Gasteiger partial charge in [-0.15, -0.1) is 0 Å². The lowest BCUT2D eigenvalue weighted by Crippen LogP contribution is -2.42. The molecule has 1 fully saturated rings. The number of para-hydroxylation sites is 1. The maximum Gasteiger partial charge on any atom is 0.144 e. The first-order valence-electron chi connectivity index (χ1n) is 6.73. The lowest BCUT2D eigenvalue weighted by molar-refractivity contribution is 0.0372. The number of nitrogens with zero attached hydrogens (tertiary/aromatic N) is 2. The largest absolute Gasteiger partial charge is 0.374 e. The number of benzene rings is 1. The molecule has 5 nitrogen and oxygen atoms in total. The van der Waals surface area contributed by atoms with E-state index in [9.17, 15) is 5.26 Å². The quantitative estimate of drug-likeness (QED) is 0.883. The minimum absolute atomic E-state index is 0.114. The summed E-state index contributed by atoms with van der Waals surface area (Å²) < 4.78 is 5.62. The Morgan fingerprint density at radius 3 is 3.15 bits per heavy atom. The van der Waals surface area contributed by atoms with E-state index in [-0.39, 0.29) is 6.10 Å². The first-order chi connectivity index (χ1) is 9.86. The highest BCUT2D eigenvalue weighted by Gasteiger charge is 2.14. The number of ether oxygens (including phenoxy) is 1. The van der Waals surface area contributed by atoms with Crippen LogP contribution in [0.4, 0.5) is 5.82 Å². The van der Waals surface area contributed by atoms with Gasteiger partial charge in [0.2, 0.25) is 0 Å². The second-order valence-electron chi connectivity index (χ2n) is 4.77. The Bertz CT molecular complexity index is 644. The van der Waals surface area contributed by atoms with Crippen molar-refractivity contribution in [2.24, 2.45) is 0 Å². The van der Waals surface area contributed by atoms with Gasteiger partial charge in [0.25, 0.3) is 0 Å². The van der Waals surface area contributed by atoms with Crippen LogP contribution in [0.2, 0.25) is 0 Å². The number of nitrogens with one attached hydrogen (secondary N) is 2. The summed E-state index contributed by atoms with van der Waals surface area (Å²) in [7, 11) is 0. The summed E-state index contributed by atoms with van der Waals surface area (Å²) in [6.07, 6.45) is 0.114.